The zero-order valence-electron chi connectivity index (χ0n) is 14.2. The van der Waals surface area contributed by atoms with Gasteiger partial charge in [-0.05, 0) is 18.6 Å². The first-order valence-corrected chi connectivity index (χ1v) is 8.29. The van der Waals surface area contributed by atoms with Crippen molar-refractivity contribution >= 4 is 23.6 Å². The van der Waals surface area contributed by atoms with Gasteiger partial charge in [0.25, 0.3) is 11.8 Å². The molecule has 144 valence electrons. The van der Waals surface area contributed by atoms with Crippen LogP contribution in [-0.2, 0) is 9.59 Å². The fourth-order valence-electron chi connectivity index (χ4n) is 3.17. The van der Waals surface area contributed by atoms with E-state index in [9.17, 15) is 32.3 Å². The van der Waals surface area contributed by atoms with Gasteiger partial charge in [-0.3, -0.25) is 24.1 Å². The van der Waals surface area contributed by atoms with E-state index >= 15 is 0 Å². The van der Waals surface area contributed by atoms with Gasteiger partial charge in [-0.15, -0.1) is 0 Å². The minimum absolute atomic E-state index is 0.0934. The van der Waals surface area contributed by atoms with Gasteiger partial charge in [0.15, 0.2) is 0 Å². The summed E-state index contributed by atoms with van der Waals surface area (Å²) < 4.78 is 37.7. The van der Waals surface area contributed by atoms with E-state index in [1.54, 1.807) is 12.1 Å². The average Bonchev–Trinajstić information content (AvgIpc) is 2.81. The summed E-state index contributed by atoms with van der Waals surface area (Å²) in [4.78, 5) is 51.2. The Kier molecular flexibility index (Phi) is 4.90. The molecule has 0 saturated carbocycles. The van der Waals surface area contributed by atoms with E-state index in [-0.39, 0.29) is 43.7 Å². The lowest BCUT2D eigenvalue weighted by atomic mass is 10.1. The van der Waals surface area contributed by atoms with E-state index in [2.05, 4.69) is 0 Å². The van der Waals surface area contributed by atoms with Crippen LogP contribution in [0, 0.1) is 0 Å². The number of amides is 4. The predicted molar refractivity (Wildman–Crippen MR) is 85.6 cm³/mol. The lowest BCUT2D eigenvalue weighted by Gasteiger charge is -2.24. The van der Waals surface area contributed by atoms with Crippen LogP contribution in [0.1, 0.15) is 27.1 Å². The van der Waals surface area contributed by atoms with Crippen LogP contribution in [0.15, 0.2) is 24.3 Å². The molecule has 0 unspecified atom stereocenters. The fourth-order valence-corrected chi connectivity index (χ4v) is 3.17. The van der Waals surface area contributed by atoms with Gasteiger partial charge in [0.1, 0.15) is 6.54 Å². The van der Waals surface area contributed by atoms with Gasteiger partial charge in [0, 0.05) is 26.2 Å². The summed E-state index contributed by atoms with van der Waals surface area (Å²) in [6, 6.07) is 6.20. The number of hydrogen-bond acceptors (Lipinski definition) is 4. The molecule has 10 heteroatoms. The lowest BCUT2D eigenvalue weighted by Crippen LogP contribution is -2.45. The van der Waals surface area contributed by atoms with Crippen molar-refractivity contribution in [2.75, 3.05) is 32.7 Å². The monoisotopic (exact) mass is 383 g/mol. The molecule has 1 aromatic carbocycles. The second-order valence-electron chi connectivity index (χ2n) is 6.27. The molecule has 27 heavy (non-hydrogen) atoms. The molecule has 1 fully saturated rings. The molecule has 0 atom stereocenters. The molecular formula is C17H16F3N3O4. The number of nitrogens with zero attached hydrogens (tertiary/aromatic N) is 3. The van der Waals surface area contributed by atoms with Crippen LogP contribution < -0.4 is 0 Å². The van der Waals surface area contributed by atoms with Gasteiger partial charge >= 0.3 is 12.1 Å². The second-order valence-corrected chi connectivity index (χ2v) is 6.27. The molecule has 4 amide bonds. The SMILES string of the molecule is O=C(CN1C(=O)c2ccccc2C1=O)N1CCCN(C(=O)C(F)(F)F)CC1. The molecular weight excluding hydrogens is 367 g/mol. The first-order valence-electron chi connectivity index (χ1n) is 8.29. The van der Waals surface area contributed by atoms with Gasteiger partial charge < -0.3 is 9.80 Å². The zero-order valence-corrected chi connectivity index (χ0v) is 14.2. The third-order valence-electron chi connectivity index (χ3n) is 4.55. The summed E-state index contributed by atoms with van der Waals surface area (Å²) >= 11 is 0. The van der Waals surface area contributed by atoms with Gasteiger partial charge in [0.05, 0.1) is 11.1 Å². The number of alkyl halides is 3. The fraction of sp³-hybridized carbons (Fsp3) is 0.412. The molecule has 0 aliphatic carbocycles. The molecule has 3 rings (SSSR count). The number of benzene rings is 1. The number of carbonyl (C=O) groups excluding carboxylic acids is 4. The van der Waals surface area contributed by atoms with E-state index in [0.717, 1.165) is 4.90 Å². The third-order valence-corrected chi connectivity index (χ3v) is 4.55. The van der Waals surface area contributed by atoms with Crippen molar-refractivity contribution in [2.24, 2.45) is 0 Å². The Morgan fingerprint density at radius 1 is 0.889 bits per heavy atom. The maximum atomic E-state index is 12.6. The van der Waals surface area contributed by atoms with Crippen molar-refractivity contribution in [1.29, 1.82) is 0 Å². The molecule has 0 N–H and O–H groups in total. The van der Waals surface area contributed by atoms with Crippen LogP contribution in [0.3, 0.4) is 0 Å². The molecule has 2 heterocycles. The van der Waals surface area contributed by atoms with Crippen molar-refractivity contribution in [1.82, 2.24) is 14.7 Å². The number of fused-ring (bicyclic) bond motifs is 1. The largest absolute Gasteiger partial charge is 0.471 e. The van der Waals surface area contributed by atoms with Crippen LogP contribution in [-0.4, -0.2) is 77.2 Å². The van der Waals surface area contributed by atoms with Crippen molar-refractivity contribution < 1.29 is 32.3 Å². The number of halogens is 3. The van der Waals surface area contributed by atoms with Crippen molar-refractivity contribution in [3.8, 4) is 0 Å². The Bertz CT molecular complexity index is 774. The van der Waals surface area contributed by atoms with Crippen LogP contribution in [0.5, 0.6) is 0 Å². The predicted octanol–water partition coefficient (Wildman–Crippen LogP) is 0.906. The minimum Gasteiger partial charge on any atom is -0.339 e. The van der Waals surface area contributed by atoms with E-state index < -0.39 is 36.3 Å². The molecule has 2 aliphatic heterocycles. The molecule has 0 spiro atoms. The highest BCUT2D eigenvalue weighted by atomic mass is 19.4. The van der Waals surface area contributed by atoms with Crippen molar-refractivity contribution in [3.05, 3.63) is 35.4 Å². The Labute approximate surface area is 152 Å². The molecule has 0 radical (unpaired) electrons. The molecule has 1 aromatic rings. The van der Waals surface area contributed by atoms with Crippen molar-refractivity contribution in [2.45, 2.75) is 12.6 Å². The summed E-state index contributed by atoms with van der Waals surface area (Å²) in [6.45, 7) is -0.811. The molecule has 1 saturated heterocycles. The third kappa shape index (κ3) is 3.64. The highest BCUT2D eigenvalue weighted by Crippen LogP contribution is 2.23. The number of carbonyl (C=O) groups is 4. The van der Waals surface area contributed by atoms with Crippen molar-refractivity contribution in [3.63, 3.8) is 0 Å². The number of rotatable bonds is 2. The lowest BCUT2D eigenvalue weighted by molar-refractivity contribution is -0.185. The standard InChI is InChI=1S/C17H16F3N3O4/c18-17(19,20)16(27)22-7-3-6-21(8-9-22)13(24)10-23-14(25)11-4-1-2-5-12(11)15(23)26/h1-2,4-5H,3,6-10H2. The van der Waals surface area contributed by atoms with E-state index in [4.69, 9.17) is 0 Å². The Morgan fingerprint density at radius 3 is 1.96 bits per heavy atom. The van der Waals surface area contributed by atoms with E-state index in [0.29, 0.717) is 4.90 Å². The second kappa shape index (κ2) is 7.01. The molecule has 0 aromatic heterocycles. The Hall–Kier alpha value is -2.91. The molecule has 0 bridgehead atoms. The summed E-state index contributed by atoms with van der Waals surface area (Å²) in [6.07, 6.45) is -4.78. The molecule has 7 nitrogen and oxygen atoms in total. The van der Waals surface area contributed by atoms with Gasteiger partial charge in [0.2, 0.25) is 5.91 Å². The van der Waals surface area contributed by atoms with Gasteiger partial charge in [-0.1, -0.05) is 12.1 Å². The van der Waals surface area contributed by atoms with E-state index in [1.807, 2.05) is 0 Å². The normalized spacial score (nSPS) is 17.8. The van der Waals surface area contributed by atoms with Gasteiger partial charge in [-0.2, -0.15) is 13.2 Å². The van der Waals surface area contributed by atoms with Crippen LogP contribution in [0.2, 0.25) is 0 Å². The van der Waals surface area contributed by atoms with Crippen LogP contribution in [0.25, 0.3) is 0 Å². The maximum Gasteiger partial charge on any atom is 0.471 e. The minimum atomic E-state index is -4.96. The van der Waals surface area contributed by atoms with Gasteiger partial charge in [-0.25, -0.2) is 0 Å². The number of hydrogen-bond donors (Lipinski definition) is 0. The summed E-state index contributed by atoms with van der Waals surface area (Å²) in [5.74, 6) is -3.64. The highest BCUT2D eigenvalue weighted by Gasteiger charge is 2.43. The summed E-state index contributed by atoms with van der Waals surface area (Å²) in [7, 11) is 0. The highest BCUT2D eigenvalue weighted by molar-refractivity contribution is 6.22. The quantitative estimate of drug-likeness (QED) is 0.712. The smallest absolute Gasteiger partial charge is 0.339 e. The van der Waals surface area contributed by atoms with Crippen LogP contribution in [0.4, 0.5) is 13.2 Å². The average molecular weight is 383 g/mol. The van der Waals surface area contributed by atoms with E-state index in [1.165, 1.54) is 17.0 Å². The summed E-state index contributed by atoms with van der Waals surface area (Å²) in [5, 5.41) is 0. The first-order chi connectivity index (χ1) is 12.7. The first kappa shape index (κ1) is 18.9. The number of imide groups is 1. The maximum absolute atomic E-state index is 12.6. The molecule has 2 aliphatic rings. The van der Waals surface area contributed by atoms with Crippen LogP contribution >= 0.6 is 0 Å². The summed E-state index contributed by atoms with van der Waals surface area (Å²) in [5.41, 5.74) is 0.432. The Morgan fingerprint density at radius 2 is 1.41 bits per heavy atom. The topological polar surface area (TPSA) is 78.0 Å². The zero-order chi connectivity index (χ0) is 19.8. The Balaban J connectivity index is 1.63.